The molecule has 2 unspecified atom stereocenters. The summed E-state index contributed by atoms with van der Waals surface area (Å²) in [6.07, 6.45) is 1.57. The van der Waals surface area contributed by atoms with Crippen molar-refractivity contribution in [3.63, 3.8) is 0 Å². The van der Waals surface area contributed by atoms with E-state index in [2.05, 4.69) is 15.5 Å². The molecule has 0 bridgehead atoms. The van der Waals surface area contributed by atoms with Gasteiger partial charge in [-0.1, -0.05) is 6.07 Å². The van der Waals surface area contributed by atoms with Crippen molar-refractivity contribution < 1.29 is 13.6 Å². The topological polar surface area (TPSA) is 44.4 Å². The summed E-state index contributed by atoms with van der Waals surface area (Å²) in [7, 11) is 0. The summed E-state index contributed by atoms with van der Waals surface area (Å²) < 4.78 is 26.6. The third kappa shape index (κ3) is 4.88. The van der Waals surface area contributed by atoms with Crippen molar-refractivity contribution in [2.24, 2.45) is 5.92 Å². The third-order valence-electron chi connectivity index (χ3n) is 4.65. The summed E-state index contributed by atoms with van der Waals surface area (Å²) in [6, 6.07) is 3.59. The quantitative estimate of drug-likeness (QED) is 0.762. The van der Waals surface area contributed by atoms with Gasteiger partial charge in [-0.3, -0.25) is 4.79 Å². The van der Waals surface area contributed by atoms with Crippen LogP contribution in [0.5, 0.6) is 0 Å². The zero-order valence-corrected chi connectivity index (χ0v) is 14.4. The van der Waals surface area contributed by atoms with E-state index >= 15 is 0 Å². The molecule has 0 spiro atoms. The van der Waals surface area contributed by atoms with Crippen LogP contribution in [0.2, 0.25) is 0 Å². The zero-order valence-electron chi connectivity index (χ0n) is 13.6. The largest absolute Gasteiger partial charge is 0.356 e. The van der Waals surface area contributed by atoms with Crippen molar-refractivity contribution in [3.8, 4) is 0 Å². The first-order valence-electron chi connectivity index (χ1n) is 8.31. The lowest BCUT2D eigenvalue weighted by molar-refractivity contribution is -0.122. The Labute approximate surface area is 147 Å². The second kappa shape index (κ2) is 8.74. The second-order valence-electron chi connectivity index (χ2n) is 6.35. The lowest BCUT2D eigenvalue weighted by Gasteiger charge is -2.27. The molecule has 2 aliphatic rings. The lowest BCUT2D eigenvalue weighted by Crippen LogP contribution is -2.44. The smallest absolute Gasteiger partial charge is 0.223 e. The third-order valence-corrected chi connectivity index (χ3v) is 4.65. The summed E-state index contributed by atoms with van der Waals surface area (Å²) >= 11 is 0. The van der Waals surface area contributed by atoms with E-state index in [1.807, 2.05) is 0 Å². The Hall–Kier alpha value is -1.24. The van der Waals surface area contributed by atoms with Gasteiger partial charge >= 0.3 is 0 Å². The average Bonchev–Trinajstić information content (AvgIpc) is 3.33. The molecule has 4 nitrogen and oxygen atoms in total. The zero-order chi connectivity index (χ0) is 16.2. The fourth-order valence-corrected chi connectivity index (χ4v) is 3.21. The Kier molecular flexibility index (Phi) is 6.95. The van der Waals surface area contributed by atoms with Crippen LogP contribution >= 0.6 is 12.4 Å². The van der Waals surface area contributed by atoms with Crippen molar-refractivity contribution in [2.45, 2.75) is 18.8 Å². The summed E-state index contributed by atoms with van der Waals surface area (Å²) in [4.78, 5) is 14.5. The number of nitrogens with one attached hydrogen (secondary N) is 2. The molecule has 1 saturated carbocycles. The van der Waals surface area contributed by atoms with Crippen LogP contribution in [0.3, 0.4) is 0 Å². The van der Waals surface area contributed by atoms with Gasteiger partial charge in [-0.2, -0.15) is 0 Å². The standard InChI is InChI=1S/C17H23F2N3O.ClH/c18-12-2-3-13(16(19)10-12)14-11-15(14)17(23)21-4-1-7-22-8-5-20-6-9-22;/h2-3,10,14-15,20H,1,4-9,11H2,(H,21,23);1H. The number of halogens is 3. The van der Waals surface area contributed by atoms with E-state index in [0.29, 0.717) is 18.5 Å². The van der Waals surface area contributed by atoms with Crippen molar-refractivity contribution in [2.75, 3.05) is 39.3 Å². The first-order valence-corrected chi connectivity index (χ1v) is 8.31. The van der Waals surface area contributed by atoms with Gasteiger partial charge in [0.05, 0.1) is 0 Å². The van der Waals surface area contributed by atoms with E-state index in [4.69, 9.17) is 0 Å². The molecule has 2 atom stereocenters. The van der Waals surface area contributed by atoms with Crippen LogP contribution in [0.1, 0.15) is 24.3 Å². The molecule has 7 heteroatoms. The Morgan fingerprint density at radius 1 is 1.29 bits per heavy atom. The van der Waals surface area contributed by atoms with Crippen LogP contribution in [-0.2, 0) is 4.79 Å². The molecule has 1 heterocycles. The van der Waals surface area contributed by atoms with Gasteiger partial charge in [0.25, 0.3) is 0 Å². The van der Waals surface area contributed by atoms with Gasteiger partial charge in [-0.05, 0) is 36.9 Å². The van der Waals surface area contributed by atoms with Crippen molar-refractivity contribution >= 4 is 18.3 Å². The first kappa shape index (κ1) is 19.1. The molecule has 2 fully saturated rings. The minimum Gasteiger partial charge on any atom is -0.356 e. The number of amides is 1. The molecule has 3 rings (SSSR count). The van der Waals surface area contributed by atoms with E-state index in [1.165, 1.54) is 12.1 Å². The molecule has 0 radical (unpaired) electrons. The highest BCUT2D eigenvalue weighted by Gasteiger charge is 2.45. The normalized spacial score (nSPS) is 23.4. The monoisotopic (exact) mass is 359 g/mol. The van der Waals surface area contributed by atoms with Gasteiger partial charge in [0, 0.05) is 44.7 Å². The van der Waals surface area contributed by atoms with Crippen molar-refractivity contribution in [1.82, 2.24) is 15.5 Å². The number of piperazine rings is 1. The molecule has 1 aromatic carbocycles. The predicted molar refractivity (Wildman–Crippen MR) is 91.4 cm³/mol. The van der Waals surface area contributed by atoms with Crippen LogP contribution in [0.25, 0.3) is 0 Å². The minimum absolute atomic E-state index is 0. The highest BCUT2D eigenvalue weighted by Crippen LogP contribution is 2.48. The highest BCUT2D eigenvalue weighted by atomic mass is 35.5. The summed E-state index contributed by atoms with van der Waals surface area (Å²) in [5.74, 6) is -1.43. The molecule has 1 amide bonds. The molecule has 1 aliphatic heterocycles. The van der Waals surface area contributed by atoms with Gasteiger partial charge in [0.2, 0.25) is 5.91 Å². The maximum atomic E-state index is 13.7. The summed E-state index contributed by atoms with van der Waals surface area (Å²) in [5.41, 5.74) is 0.451. The lowest BCUT2D eigenvalue weighted by atomic mass is 10.1. The number of rotatable bonds is 6. The SMILES string of the molecule is Cl.O=C(NCCCN1CCNCC1)C1CC1c1ccc(F)cc1F. The van der Waals surface area contributed by atoms with E-state index < -0.39 is 11.6 Å². The van der Waals surface area contributed by atoms with Crippen LogP contribution in [0, 0.1) is 17.6 Å². The molecule has 134 valence electrons. The molecule has 24 heavy (non-hydrogen) atoms. The van der Waals surface area contributed by atoms with Gasteiger partial charge in [-0.15, -0.1) is 12.4 Å². The Bertz CT molecular complexity index is 567. The Balaban J connectivity index is 0.00000208. The van der Waals surface area contributed by atoms with E-state index in [-0.39, 0.29) is 30.2 Å². The van der Waals surface area contributed by atoms with Gasteiger partial charge in [0.15, 0.2) is 0 Å². The van der Waals surface area contributed by atoms with Crippen LogP contribution in [0.4, 0.5) is 8.78 Å². The van der Waals surface area contributed by atoms with Gasteiger partial charge in [0.1, 0.15) is 11.6 Å². The number of carbonyl (C=O) groups excluding carboxylic acids is 1. The van der Waals surface area contributed by atoms with Gasteiger partial charge in [-0.25, -0.2) is 8.78 Å². The number of hydrogen-bond acceptors (Lipinski definition) is 3. The van der Waals surface area contributed by atoms with Crippen LogP contribution in [0.15, 0.2) is 18.2 Å². The number of nitrogens with zero attached hydrogens (tertiary/aromatic N) is 1. The minimum atomic E-state index is -0.583. The highest BCUT2D eigenvalue weighted by molar-refractivity contribution is 5.85. The average molecular weight is 360 g/mol. The van der Waals surface area contributed by atoms with Crippen LogP contribution in [-0.4, -0.2) is 50.1 Å². The number of benzene rings is 1. The van der Waals surface area contributed by atoms with E-state index in [0.717, 1.165) is 45.2 Å². The molecule has 1 aliphatic carbocycles. The second-order valence-corrected chi connectivity index (χ2v) is 6.35. The van der Waals surface area contributed by atoms with Gasteiger partial charge < -0.3 is 15.5 Å². The Morgan fingerprint density at radius 2 is 2.04 bits per heavy atom. The fraction of sp³-hybridized carbons (Fsp3) is 0.588. The molecular weight excluding hydrogens is 336 g/mol. The van der Waals surface area contributed by atoms with Crippen molar-refractivity contribution in [3.05, 3.63) is 35.4 Å². The number of hydrogen-bond donors (Lipinski definition) is 2. The number of carbonyl (C=O) groups is 1. The molecule has 0 aromatic heterocycles. The summed E-state index contributed by atoms with van der Waals surface area (Å²) in [5, 5.41) is 6.25. The fourth-order valence-electron chi connectivity index (χ4n) is 3.21. The maximum absolute atomic E-state index is 13.7. The molecule has 1 aromatic rings. The van der Waals surface area contributed by atoms with Crippen LogP contribution < -0.4 is 10.6 Å². The van der Waals surface area contributed by atoms with Crippen molar-refractivity contribution in [1.29, 1.82) is 0 Å². The molecule has 2 N–H and O–H groups in total. The summed E-state index contributed by atoms with van der Waals surface area (Å²) in [6.45, 7) is 5.81. The van der Waals surface area contributed by atoms with E-state index in [1.54, 1.807) is 0 Å². The predicted octanol–water partition coefficient (Wildman–Crippen LogP) is 1.90. The first-order chi connectivity index (χ1) is 11.1. The Morgan fingerprint density at radius 3 is 2.75 bits per heavy atom. The van der Waals surface area contributed by atoms with E-state index in [9.17, 15) is 13.6 Å². The molecular formula is C17H24ClF2N3O. The molecule has 1 saturated heterocycles. The maximum Gasteiger partial charge on any atom is 0.223 e.